The number of sulfonamides is 1. The fourth-order valence-electron chi connectivity index (χ4n) is 2.71. The van der Waals surface area contributed by atoms with E-state index < -0.39 is 15.9 Å². The van der Waals surface area contributed by atoms with Gasteiger partial charge in [0.05, 0.1) is 0 Å². The number of rotatable bonds is 4. The van der Waals surface area contributed by atoms with Gasteiger partial charge in [-0.1, -0.05) is 12.1 Å². The van der Waals surface area contributed by atoms with E-state index in [0.29, 0.717) is 18.8 Å². The summed E-state index contributed by atoms with van der Waals surface area (Å²) in [5.74, 6) is -0.486. The molecule has 1 aromatic heterocycles. The monoisotopic (exact) mass is 348 g/mol. The first-order chi connectivity index (χ1) is 11.4. The summed E-state index contributed by atoms with van der Waals surface area (Å²) in [5, 5.41) is 2.58. The van der Waals surface area contributed by atoms with E-state index in [1.165, 1.54) is 16.4 Å². The molecule has 1 aliphatic heterocycles. The molecular weight excluding hydrogens is 328 g/mol. The van der Waals surface area contributed by atoms with Crippen molar-refractivity contribution in [2.45, 2.75) is 31.8 Å². The maximum atomic E-state index is 12.4. The zero-order chi connectivity index (χ0) is 17.3. The SMILES string of the molecule is Cc1cccc(NC(=O)c2ccc(S(=O)(=O)N3CCCC3)o2)c1C. The lowest BCUT2D eigenvalue weighted by Gasteiger charge is -2.12. The molecule has 0 aliphatic carbocycles. The predicted molar refractivity (Wildman–Crippen MR) is 90.6 cm³/mol. The van der Waals surface area contributed by atoms with Crippen LogP contribution in [0.2, 0.25) is 0 Å². The lowest BCUT2D eigenvalue weighted by Crippen LogP contribution is -2.27. The molecule has 1 amide bonds. The van der Waals surface area contributed by atoms with Crippen LogP contribution in [0.25, 0.3) is 0 Å². The first kappa shape index (κ1) is 16.7. The van der Waals surface area contributed by atoms with Crippen LogP contribution in [0.4, 0.5) is 5.69 Å². The lowest BCUT2D eigenvalue weighted by molar-refractivity contribution is 0.0991. The number of hydrogen-bond donors (Lipinski definition) is 1. The Bertz CT molecular complexity index is 864. The Morgan fingerprint density at radius 3 is 2.54 bits per heavy atom. The Balaban J connectivity index is 1.80. The summed E-state index contributed by atoms with van der Waals surface area (Å²) in [6, 6.07) is 8.34. The van der Waals surface area contributed by atoms with Crippen LogP contribution in [-0.2, 0) is 10.0 Å². The van der Waals surface area contributed by atoms with Crippen LogP contribution in [0.1, 0.15) is 34.5 Å². The molecule has 0 unspecified atom stereocenters. The number of nitrogens with one attached hydrogen (secondary N) is 1. The third-order valence-corrected chi connectivity index (χ3v) is 6.09. The maximum absolute atomic E-state index is 12.4. The van der Waals surface area contributed by atoms with E-state index >= 15 is 0 Å². The number of anilines is 1. The highest BCUT2D eigenvalue weighted by Gasteiger charge is 2.30. The number of carbonyl (C=O) groups is 1. The van der Waals surface area contributed by atoms with Gasteiger partial charge in [-0.3, -0.25) is 4.79 Å². The van der Waals surface area contributed by atoms with E-state index in [-0.39, 0.29) is 10.9 Å². The molecule has 1 aromatic carbocycles. The molecule has 2 aromatic rings. The smallest absolute Gasteiger partial charge is 0.291 e. The van der Waals surface area contributed by atoms with Crippen LogP contribution in [0.5, 0.6) is 0 Å². The first-order valence-corrected chi connectivity index (χ1v) is 9.31. The molecule has 3 rings (SSSR count). The van der Waals surface area contributed by atoms with E-state index in [4.69, 9.17) is 4.42 Å². The van der Waals surface area contributed by atoms with E-state index in [1.54, 1.807) is 6.07 Å². The van der Waals surface area contributed by atoms with Crippen molar-refractivity contribution in [3.8, 4) is 0 Å². The summed E-state index contributed by atoms with van der Waals surface area (Å²) < 4.78 is 31.6. The van der Waals surface area contributed by atoms with Crippen LogP contribution in [0.15, 0.2) is 39.8 Å². The van der Waals surface area contributed by atoms with Gasteiger partial charge in [0, 0.05) is 18.8 Å². The zero-order valence-corrected chi connectivity index (χ0v) is 14.5. The predicted octanol–water partition coefficient (Wildman–Crippen LogP) is 2.93. The minimum absolute atomic E-state index is 0.0197. The summed E-state index contributed by atoms with van der Waals surface area (Å²) in [4.78, 5) is 12.3. The van der Waals surface area contributed by atoms with Gasteiger partial charge in [-0.05, 0) is 56.0 Å². The molecule has 1 aliphatic rings. The minimum Gasteiger partial charge on any atom is -0.438 e. The normalized spacial score (nSPS) is 15.6. The van der Waals surface area contributed by atoms with E-state index in [9.17, 15) is 13.2 Å². The molecule has 1 fully saturated rings. The fourth-order valence-corrected chi connectivity index (χ4v) is 4.14. The van der Waals surface area contributed by atoms with Crippen molar-refractivity contribution in [2.75, 3.05) is 18.4 Å². The van der Waals surface area contributed by atoms with Gasteiger partial charge in [-0.2, -0.15) is 4.31 Å². The lowest BCUT2D eigenvalue weighted by atomic mass is 10.1. The molecule has 1 saturated heterocycles. The number of carbonyl (C=O) groups excluding carboxylic acids is 1. The van der Waals surface area contributed by atoms with Crippen LogP contribution in [-0.4, -0.2) is 31.7 Å². The van der Waals surface area contributed by atoms with Gasteiger partial charge in [-0.25, -0.2) is 8.42 Å². The van der Waals surface area contributed by atoms with Crippen LogP contribution in [0, 0.1) is 13.8 Å². The van der Waals surface area contributed by atoms with Crippen molar-refractivity contribution < 1.29 is 17.6 Å². The number of hydrogen-bond acceptors (Lipinski definition) is 4. The van der Waals surface area contributed by atoms with Crippen molar-refractivity contribution in [1.82, 2.24) is 4.31 Å². The van der Waals surface area contributed by atoms with E-state index in [1.807, 2.05) is 26.0 Å². The molecule has 24 heavy (non-hydrogen) atoms. The maximum Gasteiger partial charge on any atom is 0.291 e. The summed E-state index contributed by atoms with van der Waals surface area (Å²) in [5.41, 5.74) is 2.70. The molecule has 0 radical (unpaired) electrons. The average Bonchev–Trinajstić information content (AvgIpc) is 3.22. The van der Waals surface area contributed by atoms with Gasteiger partial charge in [0.15, 0.2) is 5.76 Å². The second-order valence-corrected chi connectivity index (χ2v) is 7.80. The van der Waals surface area contributed by atoms with E-state index in [0.717, 1.165) is 24.0 Å². The first-order valence-electron chi connectivity index (χ1n) is 7.87. The Morgan fingerprint density at radius 2 is 1.83 bits per heavy atom. The highest BCUT2D eigenvalue weighted by molar-refractivity contribution is 7.89. The summed E-state index contributed by atoms with van der Waals surface area (Å²) in [6.07, 6.45) is 1.69. The second kappa shape index (κ2) is 6.41. The number of nitrogens with zero attached hydrogens (tertiary/aromatic N) is 1. The Kier molecular flexibility index (Phi) is 4.47. The van der Waals surface area contributed by atoms with Crippen LogP contribution >= 0.6 is 0 Å². The molecular formula is C17H20N2O4S. The molecule has 1 N–H and O–H groups in total. The largest absolute Gasteiger partial charge is 0.438 e. The van der Waals surface area contributed by atoms with Crippen molar-refractivity contribution in [3.63, 3.8) is 0 Å². The molecule has 128 valence electrons. The molecule has 6 nitrogen and oxygen atoms in total. The molecule has 2 heterocycles. The van der Waals surface area contributed by atoms with Gasteiger partial charge >= 0.3 is 0 Å². The second-order valence-electron chi connectivity index (χ2n) is 5.93. The number of benzene rings is 1. The molecule has 7 heteroatoms. The Labute approximate surface area is 141 Å². The highest BCUT2D eigenvalue weighted by atomic mass is 32.2. The Hall–Kier alpha value is -2.12. The highest BCUT2D eigenvalue weighted by Crippen LogP contribution is 2.24. The molecule has 0 bridgehead atoms. The third-order valence-electron chi connectivity index (χ3n) is 4.32. The van der Waals surface area contributed by atoms with Crippen molar-refractivity contribution in [1.29, 1.82) is 0 Å². The van der Waals surface area contributed by atoms with Gasteiger partial charge in [0.1, 0.15) is 0 Å². The molecule has 0 spiro atoms. The van der Waals surface area contributed by atoms with Gasteiger partial charge in [0.25, 0.3) is 15.9 Å². The number of amides is 1. The van der Waals surface area contributed by atoms with Crippen LogP contribution in [0.3, 0.4) is 0 Å². The number of furan rings is 1. The quantitative estimate of drug-likeness (QED) is 0.921. The van der Waals surface area contributed by atoms with E-state index in [2.05, 4.69) is 5.32 Å². The summed E-state index contributed by atoms with van der Waals surface area (Å²) in [7, 11) is -3.65. The van der Waals surface area contributed by atoms with Gasteiger partial charge in [0.2, 0.25) is 5.09 Å². The summed E-state index contributed by atoms with van der Waals surface area (Å²) >= 11 is 0. The summed E-state index contributed by atoms with van der Waals surface area (Å²) in [6.45, 7) is 4.86. The van der Waals surface area contributed by atoms with Crippen LogP contribution < -0.4 is 5.32 Å². The minimum atomic E-state index is -3.65. The van der Waals surface area contributed by atoms with Crippen molar-refractivity contribution >= 4 is 21.6 Å². The van der Waals surface area contributed by atoms with Gasteiger partial charge in [-0.15, -0.1) is 0 Å². The number of aryl methyl sites for hydroxylation is 1. The van der Waals surface area contributed by atoms with Gasteiger partial charge < -0.3 is 9.73 Å². The molecule has 0 saturated carbocycles. The topological polar surface area (TPSA) is 79.6 Å². The Morgan fingerprint density at radius 1 is 1.12 bits per heavy atom. The standard InChI is InChI=1S/C17H20N2O4S/c1-12-6-5-7-14(13(12)2)18-17(20)15-8-9-16(23-15)24(21,22)19-10-3-4-11-19/h5-9H,3-4,10-11H2,1-2H3,(H,18,20). The van der Waals surface area contributed by atoms with Crippen molar-refractivity contribution in [2.24, 2.45) is 0 Å². The molecule has 0 atom stereocenters. The third kappa shape index (κ3) is 3.09. The average molecular weight is 348 g/mol. The zero-order valence-electron chi connectivity index (χ0n) is 13.7. The fraction of sp³-hybridized carbons (Fsp3) is 0.353. The van der Waals surface area contributed by atoms with Crippen molar-refractivity contribution in [3.05, 3.63) is 47.2 Å².